The van der Waals surface area contributed by atoms with Gasteiger partial charge in [-0.05, 0) is 33.9 Å². The monoisotopic (exact) mass is 221 g/mol. The zero-order chi connectivity index (χ0) is 10.6. The van der Waals surface area contributed by atoms with E-state index < -0.39 is 16.6 Å². The van der Waals surface area contributed by atoms with Crippen molar-refractivity contribution in [3.05, 3.63) is 10.9 Å². The molecule has 0 aromatic heterocycles. The summed E-state index contributed by atoms with van der Waals surface area (Å²) in [6.45, 7) is 9.48. The van der Waals surface area contributed by atoms with Crippen LogP contribution >= 0.6 is 7.60 Å². The summed E-state index contributed by atoms with van der Waals surface area (Å²) in [7, 11) is -2.55. The largest absolute Gasteiger partial charge is 0.348 e. The van der Waals surface area contributed by atoms with Crippen LogP contribution in [0.3, 0.4) is 0 Å². The van der Waals surface area contributed by atoms with Crippen molar-refractivity contribution in [1.82, 2.24) is 0 Å². The molecule has 0 aliphatic carbocycles. The van der Waals surface area contributed by atoms with E-state index in [4.69, 9.17) is 8.74 Å². The molecule has 3 nitrogen and oxygen atoms in total. The van der Waals surface area contributed by atoms with E-state index in [-0.39, 0.29) is 0 Å². The van der Waals surface area contributed by atoms with Crippen molar-refractivity contribution in [2.24, 2.45) is 0 Å². The van der Waals surface area contributed by atoms with Crippen molar-refractivity contribution in [1.29, 1.82) is 0 Å². The molecular weight excluding hydrogens is 203 g/mol. The Kier molecular flexibility index (Phi) is 5.15. The van der Waals surface area contributed by atoms with Gasteiger partial charge in [-0.15, -0.1) is 0 Å². The number of hydrogen-bond donors (Lipinski definition) is 0. The molecule has 0 aliphatic rings. The maximum Gasteiger partial charge on any atom is 0.346 e. The fraction of sp³-hybridized carbons (Fsp3) is 0.750. The van der Waals surface area contributed by atoms with E-state index in [0.717, 1.165) is 10.9 Å². The lowest BCUT2D eigenvalue weighted by Gasteiger charge is -2.19. The second-order valence-corrected chi connectivity index (χ2v) is 7.84. The second-order valence-electron chi connectivity index (χ2n) is 3.26. The third-order valence-electron chi connectivity index (χ3n) is 1.68. The lowest BCUT2D eigenvalue weighted by molar-refractivity contribution is 0.332. The highest BCUT2D eigenvalue weighted by molar-refractivity contribution is 7.59. The SMILES string of the molecule is COP(=O)(O[Si](C)C)C(C)=C(C)C. The van der Waals surface area contributed by atoms with Crippen molar-refractivity contribution in [2.75, 3.05) is 7.11 Å². The second kappa shape index (κ2) is 5.10. The Morgan fingerprint density at radius 2 is 1.69 bits per heavy atom. The van der Waals surface area contributed by atoms with Crippen LogP contribution in [-0.4, -0.2) is 16.2 Å². The highest BCUT2D eigenvalue weighted by Crippen LogP contribution is 2.56. The molecule has 0 heterocycles. The van der Waals surface area contributed by atoms with E-state index >= 15 is 0 Å². The van der Waals surface area contributed by atoms with Crippen LogP contribution in [0.4, 0.5) is 0 Å². The summed E-state index contributed by atoms with van der Waals surface area (Å²) in [6, 6.07) is 0. The van der Waals surface area contributed by atoms with Gasteiger partial charge in [-0.3, -0.25) is 4.57 Å². The minimum atomic E-state index is -2.98. The molecule has 0 spiro atoms. The molecule has 0 amide bonds. The molecule has 0 aromatic carbocycles. The zero-order valence-electron chi connectivity index (χ0n) is 9.17. The van der Waals surface area contributed by atoms with Crippen LogP contribution in [0.15, 0.2) is 10.9 Å². The van der Waals surface area contributed by atoms with E-state index in [0.29, 0.717) is 0 Å². The Hall–Kier alpha value is 0.107. The molecular formula is C8H18O3PSi. The highest BCUT2D eigenvalue weighted by atomic mass is 31.2. The van der Waals surface area contributed by atoms with Gasteiger partial charge < -0.3 is 8.74 Å². The normalized spacial score (nSPS) is 15.6. The quantitative estimate of drug-likeness (QED) is 0.539. The first-order valence-electron chi connectivity index (χ1n) is 4.13. The maximum atomic E-state index is 12.1. The van der Waals surface area contributed by atoms with Crippen LogP contribution in [0.1, 0.15) is 20.8 Å². The highest BCUT2D eigenvalue weighted by Gasteiger charge is 2.27. The third kappa shape index (κ3) is 3.77. The van der Waals surface area contributed by atoms with Crippen molar-refractivity contribution < 1.29 is 13.3 Å². The van der Waals surface area contributed by atoms with Gasteiger partial charge >= 0.3 is 7.60 Å². The first-order chi connectivity index (χ1) is 5.83. The van der Waals surface area contributed by atoms with Crippen molar-refractivity contribution in [3.8, 4) is 0 Å². The molecule has 1 unspecified atom stereocenters. The van der Waals surface area contributed by atoms with Crippen molar-refractivity contribution in [2.45, 2.75) is 33.9 Å². The van der Waals surface area contributed by atoms with E-state index in [9.17, 15) is 4.57 Å². The molecule has 0 aliphatic heterocycles. The summed E-state index contributed by atoms with van der Waals surface area (Å²) >= 11 is 0. The van der Waals surface area contributed by atoms with Crippen molar-refractivity contribution in [3.63, 3.8) is 0 Å². The van der Waals surface area contributed by atoms with Gasteiger partial charge in [0, 0.05) is 12.4 Å². The Morgan fingerprint density at radius 1 is 1.23 bits per heavy atom. The van der Waals surface area contributed by atoms with Crippen molar-refractivity contribution >= 4 is 16.6 Å². The van der Waals surface area contributed by atoms with E-state index in [1.807, 2.05) is 26.9 Å². The molecule has 0 bridgehead atoms. The van der Waals surface area contributed by atoms with Gasteiger partial charge in [-0.1, -0.05) is 5.57 Å². The number of hydrogen-bond acceptors (Lipinski definition) is 3. The predicted octanol–water partition coefficient (Wildman–Crippen LogP) is 3.41. The molecule has 1 atom stereocenters. The minimum absolute atomic E-state index is 0.723. The van der Waals surface area contributed by atoms with Gasteiger partial charge in [0.1, 0.15) is 0 Å². The molecule has 1 radical (unpaired) electrons. The van der Waals surface area contributed by atoms with Crippen LogP contribution in [0.5, 0.6) is 0 Å². The summed E-state index contributed by atoms with van der Waals surface area (Å²) in [6.07, 6.45) is 0. The van der Waals surface area contributed by atoms with E-state index in [1.165, 1.54) is 7.11 Å². The zero-order valence-corrected chi connectivity index (χ0v) is 11.1. The molecule has 13 heavy (non-hydrogen) atoms. The third-order valence-corrected chi connectivity index (χ3v) is 5.85. The van der Waals surface area contributed by atoms with Crippen LogP contribution in [0.25, 0.3) is 0 Å². The lowest BCUT2D eigenvalue weighted by Crippen LogP contribution is -2.07. The first-order valence-corrected chi connectivity index (χ1v) is 8.08. The van der Waals surface area contributed by atoms with Crippen LogP contribution in [0.2, 0.25) is 13.1 Å². The van der Waals surface area contributed by atoms with Gasteiger partial charge in [-0.2, -0.15) is 0 Å². The standard InChI is InChI=1S/C8H18O3PSi/c1-7(2)8(3)12(9,10-4)11-13(5)6/h1-6H3. The molecule has 77 valence electrons. The number of allylic oxidation sites excluding steroid dienone is 2. The topological polar surface area (TPSA) is 35.5 Å². The average molecular weight is 221 g/mol. The summed E-state index contributed by atoms with van der Waals surface area (Å²) in [5.74, 6) is 0. The Bertz CT molecular complexity index is 244. The fourth-order valence-corrected chi connectivity index (χ4v) is 4.35. The fourth-order valence-electron chi connectivity index (χ4n) is 0.757. The summed E-state index contributed by atoms with van der Waals surface area (Å²) in [5, 5.41) is 0.723. The van der Waals surface area contributed by atoms with E-state index in [1.54, 1.807) is 6.92 Å². The molecule has 5 heteroatoms. The Balaban J connectivity index is 4.86. The smallest absolute Gasteiger partial charge is 0.346 e. The average Bonchev–Trinajstić information content (AvgIpc) is 2.01. The minimum Gasteiger partial charge on any atom is -0.348 e. The van der Waals surface area contributed by atoms with Gasteiger partial charge in [0.25, 0.3) is 0 Å². The van der Waals surface area contributed by atoms with Crippen LogP contribution in [0, 0.1) is 0 Å². The molecule has 0 fully saturated rings. The van der Waals surface area contributed by atoms with Gasteiger partial charge in [-0.25, -0.2) is 0 Å². The van der Waals surface area contributed by atoms with E-state index in [2.05, 4.69) is 0 Å². The molecule has 0 aromatic rings. The van der Waals surface area contributed by atoms with Gasteiger partial charge in [0.15, 0.2) is 0 Å². The summed E-state index contributed by atoms with van der Waals surface area (Å²) in [5.41, 5.74) is 0.994. The lowest BCUT2D eigenvalue weighted by atomic mass is 10.3. The molecule has 0 saturated carbocycles. The molecule has 0 rings (SSSR count). The first kappa shape index (κ1) is 13.1. The summed E-state index contributed by atoms with van der Waals surface area (Å²) in [4.78, 5) is 0. The predicted molar refractivity (Wildman–Crippen MR) is 57.2 cm³/mol. The van der Waals surface area contributed by atoms with Gasteiger partial charge in [0.05, 0.1) is 0 Å². The van der Waals surface area contributed by atoms with Crippen LogP contribution in [-0.2, 0) is 13.3 Å². The van der Waals surface area contributed by atoms with Gasteiger partial charge in [0.2, 0.25) is 9.04 Å². The van der Waals surface area contributed by atoms with Crippen LogP contribution < -0.4 is 0 Å². The Labute approximate surface area is 82.4 Å². The maximum absolute atomic E-state index is 12.1. The number of rotatable bonds is 4. The molecule has 0 N–H and O–H groups in total. The molecule has 0 saturated heterocycles. The summed E-state index contributed by atoms with van der Waals surface area (Å²) < 4.78 is 22.4. The Morgan fingerprint density at radius 3 is 1.92 bits per heavy atom.